The molecule has 70 valence electrons. The zero-order valence-corrected chi connectivity index (χ0v) is 7.24. The summed E-state index contributed by atoms with van der Waals surface area (Å²) < 4.78 is 17.3. The second-order valence-electron chi connectivity index (χ2n) is 2.85. The van der Waals surface area contributed by atoms with Crippen molar-refractivity contribution in [3.05, 3.63) is 58.9 Å². The first kappa shape index (κ1) is 8.69. The fourth-order valence-electron chi connectivity index (χ4n) is 1.16. The van der Waals surface area contributed by atoms with Crippen LogP contribution in [-0.2, 0) is 0 Å². The van der Waals surface area contributed by atoms with E-state index in [9.17, 15) is 9.18 Å². The van der Waals surface area contributed by atoms with E-state index in [0.29, 0.717) is 0 Å². The maximum Gasteiger partial charge on any atom is 0.335 e. The van der Waals surface area contributed by atoms with E-state index in [2.05, 4.69) is 0 Å². The zero-order valence-electron chi connectivity index (χ0n) is 7.24. The van der Waals surface area contributed by atoms with E-state index in [-0.39, 0.29) is 5.82 Å². The zero-order chi connectivity index (χ0) is 9.97. The lowest BCUT2D eigenvalue weighted by Gasteiger charge is -1.98. The summed E-state index contributed by atoms with van der Waals surface area (Å²) in [6.07, 6.45) is 1.36. The number of hydrogen-bond donors (Lipinski definition) is 0. The predicted octanol–water partition coefficient (Wildman–Crippen LogP) is 2.45. The van der Waals surface area contributed by atoms with Crippen molar-refractivity contribution < 1.29 is 8.81 Å². The molecule has 1 aromatic carbocycles. The molecule has 0 spiro atoms. The van der Waals surface area contributed by atoms with Crippen LogP contribution in [0.15, 0.2) is 51.9 Å². The first-order valence-electron chi connectivity index (χ1n) is 4.10. The van der Waals surface area contributed by atoms with E-state index >= 15 is 0 Å². The maximum absolute atomic E-state index is 12.6. The van der Waals surface area contributed by atoms with Crippen molar-refractivity contribution in [2.24, 2.45) is 0 Å². The lowest BCUT2D eigenvalue weighted by atomic mass is 10.1. The highest BCUT2D eigenvalue weighted by molar-refractivity contribution is 5.61. The minimum absolute atomic E-state index is 0.286. The van der Waals surface area contributed by atoms with Gasteiger partial charge in [0.25, 0.3) is 0 Å². The van der Waals surface area contributed by atoms with Gasteiger partial charge in [-0.1, -0.05) is 12.1 Å². The van der Waals surface area contributed by atoms with Crippen LogP contribution in [0.3, 0.4) is 0 Å². The van der Waals surface area contributed by atoms with Crippen molar-refractivity contribution >= 4 is 0 Å². The molecule has 3 heteroatoms. The molecule has 1 heterocycles. The Kier molecular flexibility index (Phi) is 2.14. The van der Waals surface area contributed by atoms with Crippen LogP contribution < -0.4 is 5.63 Å². The lowest BCUT2D eigenvalue weighted by Crippen LogP contribution is -1.93. The Hall–Kier alpha value is -1.90. The molecule has 0 aliphatic carbocycles. The molecular formula is C11H7FO2. The van der Waals surface area contributed by atoms with Gasteiger partial charge in [0, 0.05) is 11.6 Å². The summed E-state index contributed by atoms with van der Waals surface area (Å²) in [6, 6.07) is 8.95. The van der Waals surface area contributed by atoms with Gasteiger partial charge >= 0.3 is 5.63 Å². The molecule has 0 bridgehead atoms. The van der Waals surface area contributed by atoms with Gasteiger partial charge in [0.2, 0.25) is 0 Å². The summed E-state index contributed by atoms with van der Waals surface area (Å²) in [5, 5.41) is 0. The number of hydrogen-bond acceptors (Lipinski definition) is 2. The van der Waals surface area contributed by atoms with E-state index in [1.165, 1.54) is 24.5 Å². The molecule has 0 radical (unpaired) electrons. The van der Waals surface area contributed by atoms with Gasteiger partial charge in [-0.15, -0.1) is 0 Å². The molecule has 2 rings (SSSR count). The Bertz CT molecular complexity index is 465. The Morgan fingerprint density at radius 1 is 0.929 bits per heavy atom. The minimum Gasteiger partial charge on any atom is -0.431 e. The van der Waals surface area contributed by atoms with Crippen LogP contribution in [0.1, 0.15) is 0 Å². The fourth-order valence-corrected chi connectivity index (χ4v) is 1.16. The molecule has 2 aromatic rings. The fraction of sp³-hybridized carbons (Fsp3) is 0. The van der Waals surface area contributed by atoms with Gasteiger partial charge in [-0.3, -0.25) is 0 Å². The van der Waals surface area contributed by atoms with Gasteiger partial charge < -0.3 is 4.42 Å². The summed E-state index contributed by atoms with van der Waals surface area (Å²) in [6.45, 7) is 0. The molecule has 1 aromatic heterocycles. The van der Waals surface area contributed by atoms with Crippen LogP contribution in [0.4, 0.5) is 4.39 Å². The first-order chi connectivity index (χ1) is 6.75. The van der Waals surface area contributed by atoms with Crippen molar-refractivity contribution in [1.29, 1.82) is 0 Å². The van der Waals surface area contributed by atoms with Gasteiger partial charge in [0.05, 0.1) is 0 Å². The van der Waals surface area contributed by atoms with Crippen molar-refractivity contribution in [3.8, 4) is 11.1 Å². The smallest absolute Gasteiger partial charge is 0.335 e. The Morgan fingerprint density at radius 3 is 2.14 bits per heavy atom. The van der Waals surface area contributed by atoms with Crippen LogP contribution in [0.2, 0.25) is 0 Å². The molecule has 0 atom stereocenters. The van der Waals surface area contributed by atoms with Crippen LogP contribution in [0.5, 0.6) is 0 Å². The van der Waals surface area contributed by atoms with E-state index in [1.54, 1.807) is 18.2 Å². The summed E-state index contributed by atoms with van der Waals surface area (Å²) in [5.41, 5.74) is 1.18. The highest BCUT2D eigenvalue weighted by Gasteiger charge is 1.98. The molecule has 2 nitrogen and oxygen atoms in total. The maximum atomic E-state index is 12.6. The first-order valence-corrected chi connectivity index (χ1v) is 4.10. The summed E-state index contributed by atoms with van der Waals surface area (Å²) in [7, 11) is 0. The van der Waals surface area contributed by atoms with Crippen molar-refractivity contribution in [2.45, 2.75) is 0 Å². The number of rotatable bonds is 1. The summed E-state index contributed by atoms with van der Waals surface area (Å²) in [5.74, 6) is -0.286. The van der Waals surface area contributed by atoms with Crippen molar-refractivity contribution in [2.75, 3.05) is 0 Å². The predicted molar refractivity (Wildman–Crippen MR) is 50.4 cm³/mol. The number of benzene rings is 1. The molecular weight excluding hydrogens is 183 g/mol. The molecule has 0 saturated carbocycles. The second-order valence-corrected chi connectivity index (χ2v) is 2.85. The molecule has 0 aliphatic rings. The molecule has 0 fully saturated rings. The Balaban J connectivity index is 2.44. The molecule has 0 saturated heterocycles. The van der Waals surface area contributed by atoms with E-state index in [4.69, 9.17) is 4.42 Å². The average molecular weight is 190 g/mol. The van der Waals surface area contributed by atoms with E-state index in [0.717, 1.165) is 11.1 Å². The third-order valence-corrected chi connectivity index (χ3v) is 1.88. The average Bonchev–Trinajstić information content (AvgIpc) is 2.21. The van der Waals surface area contributed by atoms with Gasteiger partial charge in [-0.2, -0.15) is 0 Å². The molecule has 0 unspecified atom stereocenters. The van der Waals surface area contributed by atoms with Gasteiger partial charge in [0.15, 0.2) is 0 Å². The minimum atomic E-state index is -0.393. The van der Waals surface area contributed by atoms with E-state index in [1.807, 2.05) is 0 Å². The summed E-state index contributed by atoms with van der Waals surface area (Å²) in [4.78, 5) is 10.7. The Morgan fingerprint density at radius 2 is 1.57 bits per heavy atom. The molecule has 0 N–H and O–H groups in total. The molecule has 0 aliphatic heterocycles. The van der Waals surface area contributed by atoms with Crippen LogP contribution in [0.25, 0.3) is 11.1 Å². The molecule has 14 heavy (non-hydrogen) atoms. The summed E-state index contributed by atoms with van der Waals surface area (Å²) >= 11 is 0. The monoisotopic (exact) mass is 190 g/mol. The SMILES string of the molecule is O=c1ccc(-c2ccc(F)cc2)co1. The number of halogens is 1. The van der Waals surface area contributed by atoms with Crippen LogP contribution >= 0.6 is 0 Å². The van der Waals surface area contributed by atoms with Gasteiger partial charge in [-0.05, 0) is 23.8 Å². The third-order valence-electron chi connectivity index (χ3n) is 1.88. The van der Waals surface area contributed by atoms with Crippen molar-refractivity contribution in [3.63, 3.8) is 0 Å². The van der Waals surface area contributed by atoms with E-state index < -0.39 is 5.63 Å². The standard InChI is InChI=1S/C11H7FO2/c12-10-4-1-8(2-5-10)9-3-6-11(13)14-7-9/h1-7H. The van der Waals surface area contributed by atoms with Crippen LogP contribution in [-0.4, -0.2) is 0 Å². The molecule has 0 amide bonds. The highest BCUT2D eigenvalue weighted by Crippen LogP contribution is 2.17. The van der Waals surface area contributed by atoms with Gasteiger partial charge in [-0.25, -0.2) is 9.18 Å². The highest BCUT2D eigenvalue weighted by atomic mass is 19.1. The van der Waals surface area contributed by atoms with Crippen molar-refractivity contribution in [1.82, 2.24) is 0 Å². The normalized spacial score (nSPS) is 10.1. The third kappa shape index (κ3) is 1.71. The quantitative estimate of drug-likeness (QED) is 0.691. The topological polar surface area (TPSA) is 30.2 Å². The Labute approximate surface area is 79.6 Å². The second kappa shape index (κ2) is 3.46. The van der Waals surface area contributed by atoms with Crippen LogP contribution in [0, 0.1) is 5.82 Å². The van der Waals surface area contributed by atoms with Gasteiger partial charge in [0.1, 0.15) is 12.1 Å². The largest absolute Gasteiger partial charge is 0.431 e. The lowest BCUT2D eigenvalue weighted by molar-refractivity contribution is 0.512.